The Hall–Kier alpha value is -4.68. The lowest BCUT2D eigenvalue weighted by Gasteiger charge is -2.05. The molecule has 0 heterocycles. The molecule has 12 heteroatoms. The van der Waals surface area contributed by atoms with Gasteiger partial charge in [-0.1, -0.05) is 116 Å². The van der Waals surface area contributed by atoms with Gasteiger partial charge in [0.15, 0.2) is 0 Å². The minimum atomic E-state index is -0.439. The zero-order valence-electron chi connectivity index (χ0n) is 37.4. The van der Waals surface area contributed by atoms with Gasteiger partial charge in [-0.2, -0.15) is 0 Å². The van der Waals surface area contributed by atoms with Crippen molar-refractivity contribution in [3.63, 3.8) is 0 Å². The van der Waals surface area contributed by atoms with Crippen LogP contribution in [0, 0.1) is 0 Å². The van der Waals surface area contributed by atoms with Crippen molar-refractivity contribution in [3.8, 4) is 0 Å². The van der Waals surface area contributed by atoms with E-state index in [2.05, 4.69) is 57.4 Å². The normalized spacial score (nSPS) is 9.50. The second-order valence-electron chi connectivity index (χ2n) is 13.0. The van der Waals surface area contributed by atoms with Gasteiger partial charge in [-0.05, 0) is 52.4 Å². The summed E-state index contributed by atoms with van der Waals surface area (Å²) < 4.78 is 39.1. The number of carbonyl (C=O) groups excluding carboxylic acids is 4. The molecule has 0 aliphatic carbocycles. The molecule has 0 aromatic heterocycles. The van der Waals surface area contributed by atoms with Gasteiger partial charge in [0, 0.05) is 23.3 Å². The Morgan fingerprint density at radius 3 is 1.03 bits per heavy atom. The SMILES string of the molecule is C=CCCCCCCCCCOC(=O)C(=C)C.C=CCCCCCCCCCOC(=O)C=C.C=COCCOCCOC(=O)C(=C)C.C=COCCOCCOC(=O)C=C. The van der Waals surface area contributed by atoms with Gasteiger partial charge >= 0.3 is 23.9 Å². The fourth-order valence-electron chi connectivity index (χ4n) is 4.23. The van der Waals surface area contributed by atoms with Crippen LogP contribution in [0.15, 0.2) is 101 Å². The number of rotatable bonds is 38. The molecule has 0 aromatic carbocycles. The van der Waals surface area contributed by atoms with Crippen molar-refractivity contribution >= 4 is 23.9 Å². The van der Waals surface area contributed by atoms with E-state index in [1.807, 2.05) is 12.2 Å². The van der Waals surface area contributed by atoms with E-state index in [0.717, 1.165) is 44.6 Å². The molecule has 0 unspecified atom stereocenters. The summed E-state index contributed by atoms with van der Waals surface area (Å²) in [5.74, 6) is -1.42. The predicted molar refractivity (Wildman–Crippen MR) is 242 cm³/mol. The second-order valence-corrected chi connectivity index (χ2v) is 13.0. The molecule has 0 saturated carbocycles. The molecule has 0 aliphatic rings. The number of carbonyl (C=O) groups is 4. The zero-order valence-corrected chi connectivity index (χ0v) is 37.4. The van der Waals surface area contributed by atoms with Gasteiger partial charge in [-0.25, -0.2) is 19.2 Å². The molecule has 0 aliphatic heterocycles. The highest BCUT2D eigenvalue weighted by Crippen LogP contribution is 2.10. The maximum atomic E-state index is 11.0. The number of hydrogen-bond acceptors (Lipinski definition) is 12. The summed E-state index contributed by atoms with van der Waals surface area (Å²) >= 11 is 0. The van der Waals surface area contributed by atoms with Gasteiger partial charge in [-0.3, -0.25) is 0 Å². The zero-order chi connectivity index (χ0) is 45.7. The highest BCUT2D eigenvalue weighted by molar-refractivity contribution is 5.87. The Kier molecular flexibility index (Phi) is 56.1. The molecular weight excluding hydrogens is 769 g/mol. The van der Waals surface area contributed by atoms with Crippen molar-refractivity contribution in [1.29, 1.82) is 0 Å². The van der Waals surface area contributed by atoms with Crippen LogP contribution in [0.4, 0.5) is 0 Å². The summed E-state index contributed by atoms with van der Waals surface area (Å²) in [6.07, 6.45) is 28.3. The van der Waals surface area contributed by atoms with Crippen molar-refractivity contribution in [1.82, 2.24) is 0 Å². The molecule has 0 amide bonds. The molecular formula is C48H80O12. The van der Waals surface area contributed by atoms with Crippen LogP contribution in [0.2, 0.25) is 0 Å². The first-order chi connectivity index (χ1) is 29.0. The van der Waals surface area contributed by atoms with Crippen LogP contribution in [0.3, 0.4) is 0 Å². The van der Waals surface area contributed by atoms with Crippen LogP contribution in [-0.4, -0.2) is 89.9 Å². The molecule has 0 bridgehead atoms. The molecule has 0 spiro atoms. The Labute approximate surface area is 363 Å². The molecule has 344 valence electrons. The third-order valence-corrected chi connectivity index (χ3v) is 7.47. The average Bonchev–Trinajstić information content (AvgIpc) is 3.24. The smallest absolute Gasteiger partial charge is 0.333 e. The maximum absolute atomic E-state index is 11.0. The van der Waals surface area contributed by atoms with Crippen LogP contribution in [0.5, 0.6) is 0 Å². The minimum absolute atomic E-state index is 0.235. The van der Waals surface area contributed by atoms with Gasteiger partial charge in [-0.15, -0.1) is 13.2 Å². The van der Waals surface area contributed by atoms with Gasteiger partial charge < -0.3 is 37.9 Å². The predicted octanol–water partition coefficient (Wildman–Crippen LogP) is 10.6. The topological polar surface area (TPSA) is 142 Å². The Morgan fingerprint density at radius 2 is 0.683 bits per heavy atom. The van der Waals surface area contributed by atoms with E-state index in [4.69, 9.17) is 33.2 Å². The van der Waals surface area contributed by atoms with Crippen molar-refractivity contribution in [3.05, 3.63) is 101 Å². The number of esters is 4. The number of hydrogen-bond donors (Lipinski definition) is 0. The molecule has 0 fully saturated rings. The highest BCUT2D eigenvalue weighted by atomic mass is 16.6. The van der Waals surface area contributed by atoms with Crippen LogP contribution in [-0.2, 0) is 57.1 Å². The second kappa shape index (κ2) is 54.3. The summed E-state index contributed by atoms with van der Waals surface area (Å²) in [5.41, 5.74) is 0.868. The maximum Gasteiger partial charge on any atom is 0.333 e. The van der Waals surface area contributed by atoms with E-state index >= 15 is 0 Å². The van der Waals surface area contributed by atoms with Gasteiger partial charge in [0.2, 0.25) is 0 Å². The molecule has 0 saturated heterocycles. The third kappa shape index (κ3) is 60.0. The van der Waals surface area contributed by atoms with E-state index in [0.29, 0.717) is 64.0 Å². The van der Waals surface area contributed by atoms with Crippen molar-refractivity contribution in [2.75, 3.05) is 66.1 Å². The van der Waals surface area contributed by atoms with E-state index < -0.39 is 11.9 Å². The lowest BCUT2D eigenvalue weighted by Crippen LogP contribution is -2.12. The molecule has 0 N–H and O–H groups in total. The first-order valence-electron chi connectivity index (χ1n) is 21.0. The Balaban J connectivity index is -0.000000350. The first-order valence-corrected chi connectivity index (χ1v) is 21.0. The minimum Gasteiger partial charge on any atom is -0.499 e. The molecule has 12 nitrogen and oxygen atoms in total. The fourth-order valence-corrected chi connectivity index (χ4v) is 4.23. The molecule has 0 rings (SSSR count). The quantitative estimate of drug-likeness (QED) is 0.0146. The van der Waals surface area contributed by atoms with Crippen LogP contribution in [0.25, 0.3) is 0 Å². The molecule has 0 atom stereocenters. The van der Waals surface area contributed by atoms with Gasteiger partial charge in [0.25, 0.3) is 0 Å². The monoisotopic (exact) mass is 849 g/mol. The van der Waals surface area contributed by atoms with Crippen LogP contribution in [0.1, 0.15) is 117 Å². The van der Waals surface area contributed by atoms with Crippen molar-refractivity contribution in [2.45, 2.75) is 117 Å². The molecule has 60 heavy (non-hydrogen) atoms. The summed E-state index contributed by atoms with van der Waals surface area (Å²) in [4.78, 5) is 43.1. The highest BCUT2D eigenvalue weighted by Gasteiger charge is 2.03. The van der Waals surface area contributed by atoms with Crippen LogP contribution < -0.4 is 0 Å². The number of allylic oxidation sites excluding steroid dienone is 2. The number of ether oxygens (including phenoxy) is 8. The fraction of sp³-hybridized carbons (Fsp3) is 0.583. The first kappa shape index (κ1) is 62.0. The molecule has 0 radical (unpaired) electrons. The summed E-state index contributed by atoms with van der Waals surface area (Å²) in [6, 6.07) is 0. The lowest BCUT2D eigenvalue weighted by molar-refractivity contribution is -0.141. The standard InChI is InChI=1S/C15H26O2.C14H24O2.C10H16O4.C9H14O4/c1-4-5-6-7-8-9-10-11-12-13-17-15(16)14(2)3;1-3-5-6-7-8-9-10-11-12-13-16-14(15)4-2;1-4-12-5-6-13-7-8-14-10(11)9(2)3;1-3-9(10)13-8-7-12-6-5-11-4-2/h4H,1-2,5-13H2,3H3;3-4H,1-2,5-13H2;4H,1-2,5-8H2,3H3;3-4H,1-2,5-8H2. The Morgan fingerprint density at radius 1 is 0.383 bits per heavy atom. The Bertz CT molecular complexity index is 1140. The van der Waals surface area contributed by atoms with E-state index in [9.17, 15) is 19.2 Å². The lowest BCUT2D eigenvalue weighted by atomic mass is 10.1. The third-order valence-electron chi connectivity index (χ3n) is 7.47. The average molecular weight is 849 g/mol. The van der Waals surface area contributed by atoms with Gasteiger partial charge in [0.1, 0.15) is 26.4 Å². The van der Waals surface area contributed by atoms with Crippen LogP contribution >= 0.6 is 0 Å². The largest absolute Gasteiger partial charge is 0.499 e. The summed E-state index contributed by atoms with van der Waals surface area (Å²) in [7, 11) is 0. The van der Waals surface area contributed by atoms with E-state index in [-0.39, 0.29) is 25.2 Å². The molecule has 0 aromatic rings. The van der Waals surface area contributed by atoms with Crippen molar-refractivity contribution in [2.24, 2.45) is 0 Å². The van der Waals surface area contributed by atoms with Crippen molar-refractivity contribution < 1.29 is 57.1 Å². The summed E-state index contributed by atoms with van der Waals surface area (Å²) in [6.45, 7) is 35.1. The number of unbranched alkanes of at least 4 members (excludes halogenated alkanes) is 14. The van der Waals surface area contributed by atoms with E-state index in [1.54, 1.807) is 13.8 Å². The van der Waals surface area contributed by atoms with E-state index in [1.165, 1.54) is 82.8 Å². The van der Waals surface area contributed by atoms with Gasteiger partial charge in [0.05, 0.1) is 52.2 Å². The summed E-state index contributed by atoms with van der Waals surface area (Å²) in [5, 5.41) is 0.